The Morgan fingerprint density at radius 2 is 1.64 bits per heavy atom. The molecule has 0 saturated heterocycles. The molecule has 0 spiro atoms. The summed E-state index contributed by atoms with van der Waals surface area (Å²) >= 11 is 0. The van der Waals surface area contributed by atoms with Crippen LogP contribution in [-0.4, -0.2) is 22.1 Å². The Kier molecular flexibility index (Phi) is 5.11. The second-order valence-corrected chi connectivity index (χ2v) is 5.91. The molecule has 0 bridgehead atoms. The SMILES string of the molecule is COc1cc(-c2cccnc2Oc2ccc(Nc3ccccn3)cc2)ccn1. The van der Waals surface area contributed by atoms with Crippen LogP contribution in [0.5, 0.6) is 17.5 Å². The first kappa shape index (κ1) is 17.5. The van der Waals surface area contributed by atoms with Gasteiger partial charge < -0.3 is 14.8 Å². The zero-order valence-electron chi connectivity index (χ0n) is 15.2. The van der Waals surface area contributed by atoms with Crippen molar-refractivity contribution in [3.8, 4) is 28.6 Å². The van der Waals surface area contributed by atoms with Crippen molar-refractivity contribution >= 4 is 11.5 Å². The number of anilines is 2. The van der Waals surface area contributed by atoms with E-state index in [1.54, 1.807) is 25.7 Å². The molecule has 6 nitrogen and oxygen atoms in total. The number of methoxy groups -OCH3 is 1. The highest BCUT2D eigenvalue weighted by molar-refractivity contribution is 5.69. The number of ether oxygens (including phenoxy) is 2. The van der Waals surface area contributed by atoms with Gasteiger partial charge in [-0.15, -0.1) is 0 Å². The maximum Gasteiger partial charge on any atom is 0.227 e. The van der Waals surface area contributed by atoms with Crippen LogP contribution < -0.4 is 14.8 Å². The van der Waals surface area contributed by atoms with Crippen LogP contribution in [-0.2, 0) is 0 Å². The lowest BCUT2D eigenvalue weighted by Gasteiger charge is -2.11. The van der Waals surface area contributed by atoms with Crippen LogP contribution >= 0.6 is 0 Å². The summed E-state index contributed by atoms with van der Waals surface area (Å²) in [6, 6.07) is 20.9. The summed E-state index contributed by atoms with van der Waals surface area (Å²) in [5, 5.41) is 3.24. The zero-order chi connectivity index (χ0) is 19.2. The fraction of sp³-hybridized carbons (Fsp3) is 0.0455. The molecule has 138 valence electrons. The van der Waals surface area contributed by atoms with Crippen LogP contribution in [0.15, 0.2) is 85.3 Å². The molecule has 0 fully saturated rings. The topological polar surface area (TPSA) is 69.2 Å². The van der Waals surface area contributed by atoms with Crippen molar-refractivity contribution in [3.05, 3.63) is 85.3 Å². The molecular weight excluding hydrogens is 352 g/mol. The number of benzene rings is 1. The highest BCUT2D eigenvalue weighted by Crippen LogP contribution is 2.32. The minimum Gasteiger partial charge on any atom is -0.481 e. The quantitative estimate of drug-likeness (QED) is 0.510. The molecule has 0 amide bonds. The van der Waals surface area contributed by atoms with E-state index in [0.717, 1.165) is 22.6 Å². The minimum absolute atomic E-state index is 0.515. The molecule has 0 aliphatic heterocycles. The molecule has 0 atom stereocenters. The molecule has 1 N–H and O–H groups in total. The number of hydrogen-bond acceptors (Lipinski definition) is 6. The van der Waals surface area contributed by atoms with Crippen molar-refractivity contribution in [2.24, 2.45) is 0 Å². The van der Waals surface area contributed by atoms with Crippen LogP contribution in [0.1, 0.15) is 0 Å². The van der Waals surface area contributed by atoms with E-state index in [1.165, 1.54) is 0 Å². The number of hydrogen-bond donors (Lipinski definition) is 1. The van der Waals surface area contributed by atoms with Crippen LogP contribution in [0.2, 0.25) is 0 Å². The maximum absolute atomic E-state index is 6.03. The molecule has 0 aliphatic carbocycles. The number of nitrogens with zero attached hydrogens (tertiary/aromatic N) is 3. The van der Waals surface area contributed by atoms with Gasteiger partial charge in [-0.3, -0.25) is 0 Å². The van der Waals surface area contributed by atoms with E-state index in [9.17, 15) is 0 Å². The van der Waals surface area contributed by atoms with Crippen LogP contribution in [0.4, 0.5) is 11.5 Å². The summed E-state index contributed by atoms with van der Waals surface area (Å²) in [7, 11) is 1.59. The monoisotopic (exact) mass is 370 g/mol. The van der Waals surface area contributed by atoms with Gasteiger partial charge in [0.1, 0.15) is 11.6 Å². The van der Waals surface area contributed by atoms with Gasteiger partial charge in [0.2, 0.25) is 11.8 Å². The normalized spacial score (nSPS) is 10.3. The van der Waals surface area contributed by atoms with Crippen LogP contribution in [0.25, 0.3) is 11.1 Å². The molecule has 0 aliphatic rings. The molecule has 0 saturated carbocycles. The van der Waals surface area contributed by atoms with E-state index < -0.39 is 0 Å². The van der Waals surface area contributed by atoms with Gasteiger partial charge in [0.25, 0.3) is 0 Å². The fourth-order valence-corrected chi connectivity index (χ4v) is 2.68. The molecule has 4 rings (SSSR count). The predicted molar refractivity (Wildman–Crippen MR) is 108 cm³/mol. The van der Waals surface area contributed by atoms with Gasteiger partial charge >= 0.3 is 0 Å². The minimum atomic E-state index is 0.515. The van der Waals surface area contributed by atoms with E-state index in [2.05, 4.69) is 20.3 Å². The van der Waals surface area contributed by atoms with Crippen LogP contribution in [0, 0.1) is 0 Å². The van der Waals surface area contributed by atoms with Gasteiger partial charge in [-0.25, -0.2) is 15.0 Å². The summed E-state index contributed by atoms with van der Waals surface area (Å²) in [6.07, 6.45) is 5.15. The van der Waals surface area contributed by atoms with Crippen molar-refractivity contribution in [3.63, 3.8) is 0 Å². The smallest absolute Gasteiger partial charge is 0.227 e. The van der Waals surface area contributed by atoms with Gasteiger partial charge in [0.15, 0.2) is 0 Å². The molecule has 4 aromatic rings. The Labute approximate surface area is 162 Å². The van der Waals surface area contributed by atoms with Gasteiger partial charge in [-0.2, -0.15) is 0 Å². The zero-order valence-corrected chi connectivity index (χ0v) is 15.2. The molecule has 1 aromatic carbocycles. The van der Waals surface area contributed by atoms with Gasteiger partial charge in [0.05, 0.1) is 7.11 Å². The highest BCUT2D eigenvalue weighted by atomic mass is 16.5. The molecule has 3 heterocycles. The first-order chi connectivity index (χ1) is 13.8. The maximum atomic E-state index is 6.03. The van der Waals surface area contributed by atoms with E-state index in [0.29, 0.717) is 17.5 Å². The number of pyridine rings is 3. The Morgan fingerprint density at radius 3 is 2.43 bits per heavy atom. The predicted octanol–water partition coefficient (Wildman–Crippen LogP) is 5.08. The lowest BCUT2D eigenvalue weighted by atomic mass is 10.1. The second-order valence-electron chi connectivity index (χ2n) is 5.91. The molecule has 0 radical (unpaired) electrons. The standard InChI is InChI=1S/C22H18N4O2/c1-27-21-15-16(11-14-24-21)19-5-4-13-25-22(19)28-18-9-7-17(8-10-18)26-20-6-2-3-12-23-20/h2-15H,1H3,(H,23,26). The second kappa shape index (κ2) is 8.18. The Bertz CT molecular complexity index is 1050. The third-order valence-electron chi connectivity index (χ3n) is 4.03. The molecule has 28 heavy (non-hydrogen) atoms. The number of aromatic nitrogens is 3. The van der Waals surface area contributed by atoms with Crippen molar-refractivity contribution in [2.75, 3.05) is 12.4 Å². The van der Waals surface area contributed by atoms with Crippen molar-refractivity contribution < 1.29 is 9.47 Å². The summed E-state index contributed by atoms with van der Waals surface area (Å²) < 4.78 is 11.2. The first-order valence-electron chi connectivity index (χ1n) is 8.73. The van der Waals surface area contributed by atoms with Gasteiger partial charge in [-0.05, 0) is 60.2 Å². The Balaban J connectivity index is 1.55. The average Bonchev–Trinajstić information content (AvgIpc) is 2.76. The number of rotatable bonds is 6. The first-order valence-corrected chi connectivity index (χ1v) is 8.73. The molecule has 6 heteroatoms. The molecular formula is C22H18N4O2. The van der Waals surface area contributed by atoms with Crippen molar-refractivity contribution in [2.45, 2.75) is 0 Å². The Morgan fingerprint density at radius 1 is 0.786 bits per heavy atom. The molecule has 0 unspecified atom stereocenters. The summed E-state index contributed by atoms with van der Waals surface area (Å²) in [4.78, 5) is 12.8. The molecule has 3 aromatic heterocycles. The van der Waals surface area contributed by atoms with Gasteiger partial charge in [-0.1, -0.05) is 6.07 Å². The Hall–Kier alpha value is -3.93. The number of nitrogens with one attached hydrogen (secondary N) is 1. The van der Waals surface area contributed by atoms with Gasteiger partial charge in [0, 0.05) is 35.9 Å². The van der Waals surface area contributed by atoms with E-state index in [1.807, 2.05) is 66.7 Å². The van der Waals surface area contributed by atoms with Crippen LogP contribution in [0.3, 0.4) is 0 Å². The summed E-state index contributed by atoms with van der Waals surface area (Å²) in [5.74, 6) is 2.53. The third kappa shape index (κ3) is 4.07. The third-order valence-corrected chi connectivity index (χ3v) is 4.03. The average molecular weight is 370 g/mol. The van der Waals surface area contributed by atoms with Crippen molar-refractivity contribution in [1.29, 1.82) is 0 Å². The lowest BCUT2D eigenvalue weighted by molar-refractivity contribution is 0.398. The lowest BCUT2D eigenvalue weighted by Crippen LogP contribution is -1.94. The largest absolute Gasteiger partial charge is 0.481 e. The van der Waals surface area contributed by atoms with E-state index in [-0.39, 0.29) is 0 Å². The highest BCUT2D eigenvalue weighted by Gasteiger charge is 2.10. The summed E-state index contributed by atoms with van der Waals surface area (Å²) in [6.45, 7) is 0. The summed E-state index contributed by atoms with van der Waals surface area (Å²) in [5.41, 5.74) is 2.70. The van der Waals surface area contributed by atoms with E-state index >= 15 is 0 Å². The van der Waals surface area contributed by atoms with E-state index in [4.69, 9.17) is 9.47 Å². The van der Waals surface area contributed by atoms with Crippen molar-refractivity contribution in [1.82, 2.24) is 15.0 Å². The fourth-order valence-electron chi connectivity index (χ4n) is 2.68.